The molecule has 6 heteroatoms. The fourth-order valence-corrected chi connectivity index (χ4v) is 1.61. The molecule has 88 valence electrons. The van der Waals surface area contributed by atoms with E-state index in [9.17, 15) is 0 Å². The summed E-state index contributed by atoms with van der Waals surface area (Å²) >= 11 is 0. The van der Waals surface area contributed by atoms with Crippen LogP contribution < -0.4 is 5.32 Å². The minimum Gasteiger partial charge on any atom is -0.308 e. The summed E-state index contributed by atoms with van der Waals surface area (Å²) in [6.45, 7) is 1.41. The Kier molecular flexibility index (Phi) is 2.79. The molecule has 0 atom stereocenters. The van der Waals surface area contributed by atoms with Crippen LogP contribution in [0.15, 0.2) is 24.8 Å². The van der Waals surface area contributed by atoms with Crippen molar-refractivity contribution in [2.75, 3.05) is 0 Å². The monoisotopic (exact) mass is 230 g/mol. The van der Waals surface area contributed by atoms with E-state index in [-0.39, 0.29) is 0 Å². The molecule has 2 aromatic rings. The Labute approximate surface area is 99.1 Å². The van der Waals surface area contributed by atoms with Crippen molar-refractivity contribution in [3.05, 3.63) is 36.2 Å². The molecule has 0 saturated heterocycles. The largest absolute Gasteiger partial charge is 0.308 e. The van der Waals surface area contributed by atoms with Crippen LogP contribution in [0.5, 0.6) is 0 Å². The highest BCUT2D eigenvalue weighted by molar-refractivity contribution is 4.98. The van der Waals surface area contributed by atoms with Gasteiger partial charge >= 0.3 is 0 Å². The van der Waals surface area contributed by atoms with E-state index in [4.69, 9.17) is 0 Å². The normalized spacial score (nSPS) is 15.1. The van der Waals surface area contributed by atoms with Crippen LogP contribution in [0.3, 0.4) is 0 Å². The molecule has 17 heavy (non-hydrogen) atoms. The van der Waals surface area contributed by atoms with Crippen molar-refractivity contribution in [3.8, 4) is 0 Å². The van der Waals surface area contributed by atoms with Gasteiger partial charge in [0, 0.05) is 25.0 Å². The van der Waals surface area contributed by atoms with Crippen LogP contribution in [0.1, 0.15) is 24.2 Å². The smallest absolute Gasteiger partial charge is 0.0965 e. The maximum absolute atomic E-state index is 4.20. The fraction of sp³-hybridized carbons (Fsp3) is 0.455. The number of hydrogen-bond acceptors (Lipinski definition) is 5. The average molecular weight is 230 g/mol. The molecule has 1 N–H and O–H groups in total. The van der Waals surface area contributed by atoms with Crippen LogP contribution >= 0.6 is 0 Å². The highest BCUT2D eigenvalue weighted by atomic mass is 15.4. The van der Waals surface area contributed by atoms with E-state index in [2.05, 4.69) is 25.6 Å². The molecule has 1 saturated carbocycles. The lowest BCUT2D eigenvalue weighted by Crippen LogP contribution is -2.15. The first-order chi connectivity index (χ1) is 8.40. The van der Waals surface area contributed by atoms with Crippen LogP contribution in [0.2, 0.25) is 0 Å². The van der Waals surface area contributed by atoms with Gasteiger partial charge in [0.05, 0.1) is 30.3 Å². The van der Waals surface area contributed by atoms with Crippen LogP contribution in [-0.4, -0.2) is 31.0 Å². The molecule has 1 fully saturated rings. The van der Waals surface area contributed by atoms with Gasteiger partial charge in [-0.05, 0) is 12.8 Å². The van der Waals surface area contributed by atoms with Gasteiger partial charge in [0.25, 0.3) is 0 Å². The maximum atomic E-state index is 4.20. The summed E-state index contributed by atoms with van der Waals surface area (Å²) < 4.78 is 1.79. The summed E-state index contributed by atoms with van der Waals surface area (Å²) in [5.41, 5.74) is 1.86. The lowest BCUT2D eigenvalue weighted by atomic mass is 10.4. The standard InChI is InChI=1S/C11H14N6/c1-2-9(1)14-6-11-8-17(16-15-11)7-10-5-12-3-4-13-10/h3-5,8-9,14H,1-2,6-7H2. The van der Waals surface area contributed by atoms with Gasteiger partial charge in [-0.15, -0.1) is 5.10 Å². The van der Waals surface area contributed by atoms with Gasteiger partial charge < -0.3 is 5.32 Å². The molecule has 0 bridgehead atoms. The Hall–Kier alpha value is -1.82. The van der Waals surface area contributed by atoms with Crippen molar-refractivity contribution in [2.45, 2.75) is 32.0 Å². The van der Waals surface area contributed by atoms with Crippen molar-refractivity contribution >= 4 is 0 Å². The van der Waals surface area contributed by atoms with Gasteiger partial charge in [-0.3, -0.25) is 9.97 Å². The molecular weight excluding hydrogens is 216 g/mol. The van der Waals surface area contributed by atoms with E-state index in [1.165, 1.54) is 12.8 Å². The van der Waals surface area contributed by atoms with E-state index in [0.717, 1.165) is 17.9 Å². The van der Waals surface area contributed by atoms with Gasteiger partial charge in [-0.1, -0.05) is 5.21 Å². The fourth-order valence-electron chi connectivity index (χ4n) is 1.61. The van der Waals surface area contributed by atoms with Crippen molar-refractivity contribution in [1.82, 2.24) is 30.3 Å². The maximum Gasteiger partial charge on any atom is 0.0965 e. The van der Waals surface area contributed by atoms with Gasteiger partial charge in [-0.2, -0.15) is 0 Å². The molecule has 1 aliphatic carbocycles. The first kappa shape index (κ1) is 10.3. The molecule has 0 radical (unpaired) electrons. The first-order valence-electron chi connectivity index (χ1n) is 5.77. The second kappa shape index (κ2) is 4.58. The van der Waals surface area contributed by atoms with Crippen LogP contribution in [0.25, 0.3) is 0 Å². The predicted molar refractivity (Wildman–Crippen MR) is 61.0 cm³/mol. The average Bonchev–Trinajstić information content (AvgIpc) is 3.09. The highest BCUT2D eigenvalue weighted by Gasteiger charge is 2.20. The van der Waals surface area contributed by atoms with Crippen molar-refractivity contribution < 1.29 is 0 Å². The van der Waals surface area contributed by atoms with E-state index in [1.807, 2.05) is 6.20 Å². The van der Waals surface area contributed by atoms with Crippen molar-refractivity contribution in [2.24, 2.45) is 0 Å². The summed E-state index contributed by atoms with van der Waals surface area (Å²) in [7, 11) is 0. The second-order valence-electron chi connectivity index (χ2n) is 4.26. The van der Waals surface area contributed by atoms with Crippen molar-refractivity contribution in [3.63, 3.8) is 0 Å². The minimum atomic E-state index is 0.615. The molecule has 2 heterocycles. The molecule has 0 unspecified atom stereocenters. The van der Waals surface area contributed by atoms with Crippen LogP contribution in [0, 0.1) is 0 Å². The summed E-state index contributed by atoms with van der Waals surface area (Å²) in [6.07, 6.45) is 9.60. The summed E-state index contributed by atoms with van der Waals surface area (Å²) in [5, 5.41) is 11.6. The number of aromatic nitrogens is 5. The van der Waals surface area contributed by atoms with E-state index in [1.54, 1.807) is 23.3 Å². The first-order valence-corrected chi connectivity index (χ1v) is 5.77. The topological polar surface area (TPSA) is 68.5 Å². The van der Waals surface area contributed by atoms with E-state index in [0.29, 0.717) is 12.6 Å². The van der Waals surface area contributed by atoms with Crippen molar-refractivity contribution in [1.29, 1.82) is 0 Å². The molecule has 1 aliphatic rings. The second-order valence-corrected chi connectivity index (χ2v) is 4.26. The third kappa shape index (κ3) is 2.85. The Morgan fingerprint density at radius 1 is 1.29 bits per heavy atom. The zero-order chi connectivity index (χ0) is 11.5. The van der Waals surface area contributed by atoms with E-state index >= 15 is 0 Å². The van der Waals surface area contributed by atoms with Gasteiger partial charge in [0.2, 0.25) is 0 Å². The molecule has 6 nitrogen and oxygen atoms in total. The molecule has 0 amide bonds. The highest BCUT2D eigenvalue weighted by Crippen LogP contribution is 2.18. The van der Waals surface area contributed by atoms with Crippen LogP contribution in [-0.2, 0) is 13.1 Å². The SMILES string of the molecule is c1cnc(Cn2cc(CNC3CC3)nn2)cn1. The lowest BCUT2D eigenvalue weighted by Gasteiger charge is -1.98. The van der Waals surface area contributed by atoms with Gasteiger partial charge in [0.1, 0.15) is 0 Å². The molecule has 2 aromatic heterocycles. The molecule has 0 aliphatic heterocycles. The Morgan fingerprint density at radius 2 is 2.24 bits per heavy atom. The summed E-state index contributed by atoms with van der Waals surface area (Å²) in [5.74, 6) is 0. The Morgan fingerprint density at radius 3 is 3.00 bits per heavy atom. The minimum absolute atomic E-state index is 0.615. The quantitative estimate of drug-likeness (QED) is 0.803. The molecule has 3 rings (SSSR count). The number of nitrogens with zero attached hydrogens (tertiary/aromatic N) is 5. The molecular formula is C11H14N6. The molecule has 0 aromatic carbocycles. The Balaban J connectivity index is 1.59. The lowest BCUT2D eigenvalue weighted by molar-refractivity contribution is 0.634. The number of rotatable bonds is 5. The van der Waals surface area contributed by atoms with E-state index < -0.39 is 0 Å². The Bertz CT molecular complexity index is 476. The van der Waals surface area contributed by atoms with Gasteiger partial charge in [-0.25, -0.2) is 4.68 Å². The third-order valence-corrected chi connectivity index (χ3v) is 2.68. The number of nitrogens with one attached hydrogen (secondary N) is 1. The van der Waals surface area contributed by atoms with Crippen LogP contribution in [0.4, 0.5) is 0 Å². The number of hydrogen-bond donors (Lipinski definition) is 1. The molecule has 0 spiro atoms. The van der Waals surface area contributed by atoms with Gasteiger partial charge in [0.15, 0.2) is 0 Å². The summed E-state index contributed by atoms with van der Waals surface area (Å²) in [6, 6.07) is 0.695. The zero-order valence-electron chi connectivity index (χ0n) is 9.45. The summed E-state index contributed by atoms with van der Waals surface area (Å²) in [4.78, 5) is 8.22. The third-order valence-electron chi connectivity index (χ3n) is 2.68. The zero-order valence-corrected chi connectivity index (χ0v) is 9.45. The predicted octanol–water partition coefficient (Wildman–Crippen LogP) is 0.368.